The Balaban J connectivity index is 1.98. The minimum atomic E-state index is -0.499. The van der Waals surface area contributed by atoms with Crippen LogP contribution < -0.4 is 16.0 Å². The molecule has 0 saturated carbocycles. The molecular weight excluding hydrogens is 378 g/mol. The van der Waals surface area contributed by atoms with Gasteiger partial charge in [0.15, 0.2) is 0 Å². The van der Waals surface area contributed by atoms with Crippen molar-refractivity contribution in [2.24, 2.45) is 5.73 Å². The van der Waals surface area contributed by atoms with Gasteiger partial charge in [-0.05, 0) is 29.8 Å². The number of anilines is 2. The third-order valence-corrected chi connectivity index (χ3v) is 4.89. The molecule has 3 N–H and O–H groups in total. The van der Waals surface area contributed by atoms with Crippen LogP contribution in [0.25, 0.3) is 0 Å². The Morgan fingerprint density at radius 3 is 2.52 bits per heavy atom. The topological polar surface area (TPSA) is 88.9 Å². The van der Waals surface area contributed by atoms with E-state index in [0.717, 1.165) is 21.4 Å². The molecule has 5 nitrogen and oxygen atoms in total. The standard InChI is InChI=1S/C19H12BrN5/c20-12-5-3-4-11(8-12)17-13(9-21)18(23)25-16-7-2-1-6-15(16)24-19(25)14(17)10-22/h1-8,17,24H,23H2. The Morgan fingerprint density at radius 1 is 1.04 bits per heavy atom. The highest BCUT2D eigenvalue weighted by atomic mass is 79.9. The van der Waals surface area contributed by atoms with E-state index in [1.165, 1.54) is 0 Å². The summed E-state index contributed by atoms with van der Waals surface area (Å²) in [5.74, 6) is 0.463. The van der Waals surface area contributed by atoms with Crippen molar-refractivity contribution in [2.75, 3.05) is 10.2 Å². The molecule has 0 radical (unpaired) electrons. The van der Waals surface area contributed by atoms with E-state index < -0.39 is 5.92 Å². The maximum Gasteiger partial charge on any atom is 0.131 e. The lowest BCUT2D eigenvalue weighted by Crippen LogP contribution is -2.34. The molecule has 4 rings (SSSR count). The van der Waals surface area contributed by atoms with Crippen LogP contribution in [0.5, 0.6) is 0 Å². The van der Waals surface area contributed by atoms with Gasteiger partial charge >= 0.3 is 0 Å². The van der Waals surface area contributed by atoms with Crippen LogP contribution in [0, 0.1) is 22.7 Å². The molecule has 0 spiro atoms. The molecule has 2 aromatic carbocycles. The minimum absolute atomic E-state index is 0.346. The van der Waals surface area contributed by atoms with Crippen LogP contribution in [0.15, 0.2) is 75.8 Å². The van der Waals surface area contributed by atoms with Gasteiger partial charge in [-0.25, -0.2) is 0 Å². The summed E-state index contributed by atoms with van der Waals surface area (Å²) in [6.07, 6.45) is 0. The second kappa shape index (κ2) is 5.70. The SMILES string of the molecule is N#CC1=C(N)N2C(=C(C#N)C1c1cccc(Br)c1)Nc1ccccc12. The summed E-state index contributed by atoms with van der Waals surface area (Å²) in [7, 11) is 0. The number of benzene rings is 2. The van der Waals surface area contributed by atoms with Crippen molar-refractivity contribution >= 4 is 27.3 Å². The van der Waals surface area contributed by atoms with Crippen molar-refractivity contribution in [2.45, 2.75) is 5.92 Å². The second-order valence-corrected chi connectivity index (χ2v) is 6.67. The van der Waals surface area contributed by atoms with Crippen LogP contribution in [0.1, 0.15) is 11.5 Å². The first kappa shape index (κ1) is 15.3. The number of hydrogen-bond donors (Lipinski definition) is 2. The van der Waals surface area contributed by atoms with Gasteiger partial charge in [0.25, 0.3) is 0 Å². The smallest absolute Gasteiger partial charge is 0.131 e. The average Bonchev–Trinajstić information content (AvgIpc) is 3.01. The Morgan fingerprint density at radius 2 is 1.80 bits per heavy atom. The van der Waals surface area contributed by atoms with Crippen molar-refractivity contribution in [3.05, 3.63) is 81.4 Å². The molecular formula is C19H12BrN5. The quantitative estimate of drug-likeness (QED) is 0.771. The van der Waals surface area contributed by atoms with E-state index in [-0.39, 0.29) is 0 Å². The second-order valence-electron chi connectivity index (χ2n) is 5.75. The molecule has 120 valence electrons. The van der Waals surface area contributed by atoms with Crippen molar-refractivity contribution in [1.29, 1.82) is 10.5 Å². The van der Waals surface area contributed by atoms with Gasteiger partial charge in [-0.1, -0.05) is 40.2 Å². The van der Waals surface area contributed by atoms with E-state index in [0.29, 0.717) is 22.8 Å². The zero-order valence-electron chi connectivity index (χ0n) is 13.0. The molecule has 0 fully saturated rings. The van der Waals surface area contributed by atoms with Crippen LogP contribution in [-0.4, -0.2) is 0 Å². The van der Waals surface area contributed by atoms with Crippen LogP contribution in [0.3, 0.4) is 0 Å². The molecule has 2 aliphatic rings. The van der Waals surface area contributed by atoms with E-state index in [4.69, 9.17) is 5.73 Å². The highest BCUT2D eigenvalue weighted by molar-refractivity contribution is 9.10. The summed E-state index contributed by atoms with van der Waals surface area (Å²) in [4.78, 5) is 1.75. The highest BCUT2D eigenvalue weighted by Crippen LogP contribution is 2.47. The van der Waals surface area contributed by atoms with Crippen LogP contribution >= 0.6 is 15.9 Å². The number of nitrogens with two attached hydrogens (primary N) is 1. The van der Waals surface area contributed by atoms with Gasteiger partial charge < -0.3 is 11.1 Å². The molecule has 25 heavy (non-hydrogen) atoms. The zero-order chi connectivity index (χ0) is 17.6. The fraction of sp³-hybridized carbons (Fsp3) is 0.0526. The Hall–Kier alpha value is -3.22. The van der Waals surface area contributed by atoms with Gasteiger partial charge in [0.1, 0.15) is 11.6 Å². The van der Waals surface area contributed by atoms with Gasteiger partial charge in [-0.3, -0.25) is 4.90 Å². The van der Waals surface area contributed by atoms with Crippen molar-refractivity contribution < 1.29 is 0 Å². The first-order chi connectivity index (χ1) is 12.2. The molecule has 0 amide bonds. The first-order valence-electron chi connectivity index (χ1n) is 7.61. The molecule has 0 aromatic heterocycles. The van der Waals surface area contributed by atoms with Gasteiger partial charge in [-0.2, -0.15) is 10.5 Å². The summed E-state index contributed by atoms with van der Waals surface area (Å²) < 4.78 is 0.883. The molecule has 2 heterocycles. The van der Waals surface area contributed by atoms with Crippen LogP contribution in [-0.2, 0) is 0 Å². The van der Waals surface area contributed by atoms with Gasteiger partial charge in [0.2, 0.25) is 0 Å². The van der Waals surface area contributed by atoms with Crippen molar-refractivity contribution in [3.8, 4) is 12.1 Å². The number of allylic oxidation sites excluding steroid dienone is 2. The van der Waals surface area contributed by atoms with E-state index >= 15 is 0 Å². The summed E-state index contributed by atoms with van der Waals surface area (Å²) in [5, 5.41) is 22.9. The number of fused-ring (bicyclic) bond motifs is 3. The fourth-order valence-electron chi connectivity index (χ4n) is 3.32. The van der Waals surface area contributed by atoms with Gasteiger partial charge in [0.05, 0.1) is 40.6 Å². The van der Waals surface area contributed by atoms with E-state index in [1.54, 1.807) is 4.90 Å². The molecule has 6 heteroatoms. The maximum atomic E-state index is 9.86. The fourth-order valence-corrected chi connectivity index (χ4v) is 3.74. The molecule has 0 saturated heterocycles. The molecule has 2 aromatic rings. The molecule has 1 unspecified atom stereocenters. The monoisotopic (exact) mass is 389 g/mol. The van der Waals surface area contributed by atoms with Crippen LogP contribution in [0.2, 0.25) is 0 Å². The summed E-state index contributed by atoms with van der Waals surface area (Å²) >= 11 is 3.45. The maximum absolute atomic E-state index is 9.86. The third-order valence-electron chi connectivity index (χ3n) is 4.39. The Labute approximate surface area is 153 Å². The predicted octanol–water partition coefficient (Wildman–Crippen LogP) is 3.91. The van der Waals surface area contributed by atoms with Gasteiger partial charge in [0, 0.05) is 4.47 Å². The largest absolute Gasteiger partial charge is 0.384 e. The zero-order valence-corrected chi connectivity index (χ0v) is 14.6. The van der Waals surface area contributed by atoms with E-state index in [2.05, 4.69) is 33.4 Å². The molecule has 0 aliphatic carbocycles. The number of nitriles is 2. The molecule has 0 bridgehead atoms. The molecule has 2 aliphatic heterocycles. The van der Waals surface area contributed by atoms with Crippen LogP contribution in [0.4, 0.5) is 11.4 Å². The number of nitrogens with one attached hydrogen (secondary N) is 1. The molecule has 1 atom stereocenters. The van der Waals surface area contributed by atoms with Crippen molar-refractivity contribution in [1.82, 2.24) is 0 Å². The number of rotatable bonds is 1. The number of halogens is 1. The number of nitrogens with zero attached hydrogens (tertiary/aromatic N) is 3. The predicted molar refractivity (Wildman–Crippen MR) is 98.9 cm³/mol. The summed E-state index contributed by atoms with van der Waals surface area (Å²) in [6.45, 7) is 0. The number of para-hydroxylation sites is 2. The summed E-state index contributed by atoms with van der Waals surface area (Å²) in [5.41, 5.74) is 9.75. The van der Waals surface area contributed by atoms with Gasteiger partial charge in [-0.15, -0.1) is 0 Å². The summed E-state index contributed by atoms with van der Waals surface area (Å²) in [6, 6.07) is 19.7. The highest BCUT2D eigenvalue weighted by Gasteiger charge is 2.40. The lowest BCUT2D eigenvalue weighted by atomic mass is 9.83. The van der Waals surface area contributed by atoms with E-state index in [1.807, 2.05) is 48.5 Å². The van der Waals surface area contributed by atoms with E-state index in [9.17, 15) is 10.5 Å². The average molecular weight is 390 g/mol. The Kier molecular flexibility index (Phi) is 3.49. The lowest BCUT2D eigenvalue weighted by Gasteiger charge is -2.31. The third kappa shape index (κ3) is 2.20. The first-order valence-corrected chi connectivity index (χ1v) is 8.40. The normalized spacial score (nSPS) is 18.2. The van der Waals surface area contributed by atoms with Crippen molar-refractivity contribution in [3.63, 3.8) is 0 Å². The lowest BCUT2D eigenvalue weighted by molar-refractivity contribution is 0.868. The number of hydrogen-bond acceptors (Lipinski definition) is 5. The Bertz CT molecular complexity index is 1040. The minimum Gasteiger partial charge on any atom is -0.384 e.